The number of fused-ring (bicyclic) bond motifs is 3. The number of carbonyl (C=O) groups is 1. The van der Waals surface area contributed by atoms with E-state index in [9.17, 15) is 9.59 Å². The minimum absolute atomic E-state index is 0.199. The number of carbonyl (C=O) groups excluding carboxylic acids is 1. The highest BCUT2D eigenvalue weighted by atomic mass is 32.1. The van der Waals surface area contributed by atoms with Crippen molar-refractivity contribution in [1.29, 1.82) is 0 Å². The smallest absolute Gasteiger partial charge is 0.339 e. The molecule has 0 saturated heterocycles. The van der Waals surface area contributed by atoms with E-state index in [0.717, 1.165) is 51.9 Å². The molecule has 3 heterocycles. The van der Waals surface area contributed by atoms with E-state index in [1.807, 2.05) is 38.1 Å². The summed E-state index contributed by atoms with van der Waals surface area (Å²) in [4.78, 5) is 39.7. The average molecular weight is 420 g/mol. The Kier molecular flexibility index (Phi) is 4.43. The van der Waals surface area contributed by atoms with E-state index < -0.39 is 12.1 Å². The summed E-state index contributed by atoms with van der Waals surface area (Å²) in [7, 11) is 0. The monoisotopic (exact) mass is 419 g/mol. The van der Waals surface area contributed by atoms with Crippen LogP contribution in [0.15, 0.2) is 29.1 Å². The molecule has 4 aromatic rings. The summed E-state index contributed by atoms with van der Waals surface area (Å²) in [5.74, 6) is -0.0438. The van der Waals surface area contributed by atoms with Crippen molar-refractivity contribution in [2.24, 2.45) is 0 Å². The van der Waals surface area contributed by atoms with Crippen molar-refractivity contribution in [3.8, 4) is 0 Å². The molecular formula is C23H21N3O3S. The van der Waals surface area contributed by atoms with Crippen LogP contribution in [0.5, 0.6) is 0 Å². The Balaban J connectivity index is 1.54. The van der Waals surface area contributed by atoms with Gasteiger partial charge in [0.1, 0.15) is 4.83 Å². The number of pyridine rings is 1. The van der Waals surface area contributed by atoms with Crippen LogP contribution < -0.4 is 5.56 Å². The molecule has 0 bridgehead atoms. The van der Waals surface area contributed by atoms with Crippen molar-refractivity contribution >= 4 is 38.4 Å². The number of benzene rings is 1. The standard InChI is InChI=1S/C23H21N3O3S/c1-11-13(3)30-22-18(11)21(27)25-20(26-22)12(2)29-23(28)19-14-7-4-5-9-16(14)24-17-10-6-8-15(17)19/h4-5,7,9,12H,6,8,10H2,1-3H3,(H,25,26,27)/t12-/m0/s1. The van der Waals surface area contributed by atoms with Gasteiger partial charge in [-0.2, -0.15) is 0 Å². The first-order valence-corrected chi connectivity index (χ1v) is 10.9. The third kappa shape index (κ3) is 2.92. The first-order chi connectivity index (χ1) is 14.4. The summed E-state index contributed by atoms with van der Waals surface area (Å²) in [6, 6.07) is 7.65. The number of hydrogen-bond acceptors (Lipinski definition) is 6. The van der Waals surface area contributed by atoms with Gasteiger partial charge >= 0.3 is 5.97 Å². The van der Waals surface area contributed by atoms with Crippen molar-refractivity contribution < 1.29 is 9.53 Å². The number of hydrogen-bond donors (Lipinski definition) is 1. The Morgan fingerprint density at radius 1 is 1.20 bits per heavy atom. The summed E-state index contributed by atoms with van der Waals surface area (Å²) in [6.07, 6.45) is 2.00. The fraction of sp³-hybridized carbons (Fsp3) is 0.304. The SMILES string of the molecule is Cc1sc2nc([C@H](C)OC(=O)c3c4c(nc5ccccc35)CCC4)[nH]c(=O)c2c1C. The number of nitrogens with zero attached hydrogens (tertiary/aromatic N) is 2. The van der Waals surface area contributed by atoms with Crippen molar-refractivity contribution in [2.45, 2.75) is 46.1 Å². The highest BCUT2D eigenvalue weighted by Crippen LogP contribution is 2.32. The second-order valence-corrected chi connectivity index (χ2v) is 8.95. The molecule has 1 aromatic carbocycles. The molecule has 3 aromatic heterocycles. The van der Waals surface area contributed by atoms with E-state index in [0.29, 0.717) is 21.6 Å². The van der Waals surface area contributed by atoms with E-state index in [-0.39, 0.29) is 5.56 Å². The predicted octanol–water partition coefficient (Wildman–Crippen LogP) is 4.56. The molecule has 0 fully saturated rings. The number of aryl methyl sites for hydroxylation is 3. The van der Waals surface area contributed by atoms with Crippen molar-refractivity contribution in [2.75, 3.05) is 0 Å². The van der Waals surface area contributed by atoms with Gasteiger partial charge in [-0.15, -0.1) is 11.3 Å². The quantitative estimate of drug-likeness (QED) is 0.492. The lowest BCUT2D eigenvalue weighted by atomic mass is 10.0. The lowest BCUT2D eigenvalue weighted by Gasteiger charge is -2.16. The molecule has 1 aliphatic rings. The van der Waals surface area contributed by atoms with E-state index in [2.05, 4.69) is 9.97 Å². The summed E-state index contributed by atoms with van der Waals surface area (Å²) < 4.78 is 5.80. The fourth-order valence-corrected chi connectivity index (χ4v) is 5.22. The van der Waals surface area contributed by atoms with Gasteiger partial charge in [0, 0.05) is 16.0 Å². The second kappa shape index (κ2) is 7.02. The predicted molar refractivity (Wildman–Crippen MR) is 117 cm³/mol. The highest BCUT2D eigenvalue weighted by molar-refractivity contribution is 7.18. The topological polar surface area (TPSA) is 84.9 Å². The van der Waals surface area contributed by atoms with Gasteiger partial charge < -0.3 is 9.72 Å². The van der Waals surface area contributed by atoms with Gasteiger partial charge in [-0.3, -0.25) is 9.78 Å². The molecule has 0 saturated carbocycles. The Morgan fingerprint density at radius 2 is 2.00 bits per heavy atom. The third-order valence-corrected chi connectivity index (χ3v) is 6.95. The number of ether oxygens (including phenoxy) is 1. The molecular weight excluding hydrogens is 398 g/mol. The van der Waals surface area contributed by atoms with Crippen molar-refractivity contribution in [3.05, 3.63) is 67.7 Å². The number of para-hydroxylation sites is 1. The molecule has 1 N–H and O–H groups in total. The number of aromatic amines is 1. The summed E-state index contributed by atoms with van der Waals surface area (Å²) in [6.45, 7) is 5.63. The van der Waals surface area contributed by atoms with Crippen LogP contribution in [0.4, 0.5) is 0 Å². The number of thiophene rings is 1. The van der Waals surface area contributed by atoms with E-state index in [1.165, 1.54) is 11.3 Å². The largest absolute Gasteiger partial charge is 0.451 e. The molecule has 152 valence electrons. The minimum atomic E-state index is -0.679. The second-order valence-electron chi connectivity index (χ2n) is 7.74. The van der Waals surface area contributed by atoms with Gasteiger partial charge in [-0.05, 0) is 57.2 Å². The molecule has 0 unspecified atom stereocenters. The Hall–Kier alpha value is -3.06. The maximum Gasteiger partial charge on any atom is 0.339 e. The first-order valence-electron chi connectivity index (χ1n) is 10.1. The first kappa shape index (κ1) is 18.9. The number of esters is 1. The normalized spacial score (nSPS) is 14.2. The number of aromatic nitrogens is 3. The van der Waals surface area contributed by atoms with Crippen LogP contribution in [-0.4, -0.2) is 20.9 Å². The van der Waals surface area contributed by atoms with E-state index in [1.54, 1.807) is 6.92 Å². The Bertz CT molecular complexity index is 1390. The van der Waals surface area contributed by atoms with Gasteiger partial charge in [0.05, 0.1) is 16.5 Å². The summed E-state index contributed by atoms with van der Waals surface area (Å²) in [5, 5.41) is 1.41. The molecule has 7 heteroatoms. The minimum Gasteiger partial charge on any atom is -0.451 e. The van der Waals surface area contributed by atoms with Crippen LogP contribution in [0.25, 0.3) is 21.1 Å². The van der Waals surface area contributed by atoms with Crippen LogP contribution in [0.2, 0.25) is 0 Å². The maximum absolute atomic E-state index is 13.2. The zero-order valence-electron chi connectivity index (χ0n) is 17.0. The molecule has 5 rings (SSSR count). The van der Waals surface area contributed by atoms with Gasteiger partial charge in [0.15, 0.2) is 11.9 Å². The molecule has 0 radical (unpaired) electrons. The Labute approximate surface area is 177 Å². The van der Waals surface area contributed by atoms with Crippen LogP contribution in [-0.2, 0) is 17.6 Å². The molecule has 0 amide bonds. The molecule has 30 heavy (non-hydrogen) atoms. The van der Waals surface area contributed by atoms with Gasteiger partial charge in [0.2, 0.25) is 0 Å². The third-order valence-electron chi connectivity index (χ3n) is 5.85. The molecule has 1 atom stereocenters. The van der Waals surface area contributed by atoms with Gasteiger partial charge in [0.25, 0.3) is 5.56 Å². The number of nitrogens with one attached hydrogen (secondary N) is 1. The molecule has 6 nitrogen and oxygen atoms in total. The van der Waals surface area contributed by atoms with Crippen molar-refractivity contribution in [3.63, 3.8) is 0 Å². The average Bonchev–Trinajstić information content (AvgIpc) is 3.29. The zero-order valence-corrected chi connectivity index (χ0v) is 17.9. The lowest BCUT2D eigenvalue weighted by molar-refractivity contribution is 0.0321. The Morgan fingerprint density at radius 3 is 2.83 bits per heavy atom. The highest BCUT2D eigenvalue weighted by Gasteiger charge is 2.27. The number of rotatable bonds is 3. The van der Waals surface area contributed by atoms with Gasteiger partial charge in [-0.1, -0.05) is 18.2 Å². The van der Waals surface area contributed by atoms with E-state index >= 15 is 0 Å². The summed E-state index contributed by atoms with van der Waals surface area (Å²) >= 11 is 1.48. The zero-order chi connectivity index (χ0) is 21.0. The van der Waals surface area contributed by atoms with Crippen molar-refractivity contribution in [1.82, 2.24) is 15.0 Å². The van der Waals surface area contributed by atoms with Gasteiger partial charge in [-0.25, -0.2) is 9.78 Å². The molecule has 0 spiro atoms. The molecule has 1 aliphatic carbocycles. The van der Waals surface area contributed by atoms with Crippen LogP contribution in [0.1, 0.15) is 57.3 Å². The lowest BCUT2D eigenvalue weighted by Crippen LogP contribution is -2.18. The molecule has 0 aliphatic heterocycles. The van der Waals surface area contributed by atoms with Crippen LogP contribution in [0.3, 0.4) is 0 Å². The van der Waals surface area contributed by atoms with Crippen LogP contribution in [0, 0.1) is 13.8 Å². The fourth-order valence-electron chi connectivity index (χ4n) is 4.18. The maximum atomic E-state index is 13.2. The summed E-state index contributed by atoms with van der Waals surface area (Å²) in [5.41, 5.74) is 4.09. The number of H-pyrrole nitrogens is 1. The van der Waals surface area contributed by atoms with Crippen LogP contribution >= 0.6 is 11.3 Å². The van der Waals surface area contributed by atoms with E-state index in [4.69, 9.17) is 9.72 Å².